The van der Waals surface area contributed by atoms with Crippen molar-refractivity contribution in [2.45, 2.75) is 30.6 Å². The van der Waals surface area contributed by atoms with Crippen LogP contribution in [0, 0.1) is 5.92 Å². The largest absolute Gasteiger partial charge is 0.312 e. The SMILES string of the molecule is O=C(C1CCN(S(=O)(=O)c2ccc3ccccc3c2)CC1)N1CCCc2ccccc21. The number of fused-ring (bicyclic) bond motifs is 2. The first kappa shape index (κ1) is 20.2. The molecule has 6 heteroatoms. The maximum Gasteiger partial charge on any atom is 0.243 e. The summed E-state index contributed by atoms with van der Waals surface area (Å²) >= 11 is 0. The molecule has 2 aliphatic heterocycles. The Kier molecular flexibility index (Phi) is 5.28. The summed E-state index contributed by atoms with van der Waals surface area (Å²) in [5, 5.41) is 1.94. The molecule has 0 aliphatic carbocycles. The van der Waals surface area contributed by atoms with Crippen molar-refractivity contribution in [3.05, 3.63) is 72.3 Å². The third-order valence-electron chi connectivity index (χ3n) is 6.54. The molecule has 0 unspecified atom stereocenters. The van der Waals surface area contributed by atoms with E-state index < -0.39 is 10.0 Å². The van der Waals surface area contributed by atoms with E-state index in [1.54, 1.807) is 12.1 Å². The van der Waals surface area contributed by atoms with Gasteiger partial charge in [-0.25, -0.2) is 8.42 Å². The van der Waals surface area contributed by atoms with E-state index >= 15 is 0 Å². The quantitative estimate of drug-likeness (QED) is 0.620. The Morgan fingerprint density at radius 3 is 2.35 bits per heavy atom. The molecule has 160 valence electrons. The number of piperidine rings is 1. The first-order chi connectivity index (χ1) is 15.0. The summed E-state index contributed by atoms with van der Waals surface area (Å²) in [6, 6.07) is 21.1. The number of nitrogens with zero attached hydrogens (tertiary/aromatic N) is 2. The molecule has 2 heterocycles. The smallest absolute Gasteiger partial charge is 0.243 e. The first-order valence-corrected chi connectivity index (χ1v) is 12.4. The van der Waals surface area contributed by atoms with E-state index in [0.717, 1.165) is 35.8 Å². The zero-order valence-corrected chi connectivity index (χ0v) is 18.2. The average Bonchev–Trinajstić information content (AvgIpc) is 2.83. The molecule has 31 heavy (non-hydrogen) atoms. The third-order valence-corrected chi connectivity index (χ3v) is 8.43. The summed E-state index contributed by atoms with van der Waals surface area (Å²) in [5.74, 6) is 0.00381. The van der Waals surface area contributed by atoms with Crippen LogP contribution in [0.1, 0.15) is 24.8 Å². The van der Waals surface area contributed by atoms with Crippen LogP contribution >= 0.6 is 0 Å². The van der Waals surface area contributed by atoms with Crippen LogP contribution in [0.15, 0.2) is 71.6 Å². The molecule has 0 N–H and O–H groups in total. The predicted octanol–water partition coefficient (Wildman–Crippen LogP) is 4.22. The van der Waals surface area contributed by atoms with Crippen molar-refractivity contribution >= 4 is 32.4 Å². The summed E-state index contributed by atoms with van der Waals surface area (Å²) < 4.78 is 27.9. The van der Waals surface area contributed by atoms with Gasteiger partial charge in [-0.3, -0.25) is 4.79 Å². The van der Waals surface area contributed by atoms with E-state index in [-0.39, 0.29) is 11.8 Å². The lowest BCUT2D eigenvalue weighted by molar-refractivity contribution is -0.123. The number of rotatable bonds is 3. The number of para-hydroxylation sites is 1. The fourth-order valence-corrected chi connectivity index (χ4v) is 6.31. The van der Waals surface area contributed by atoms with Crippen LogP contribution in [-0.4, -0.2) is 38.3 Å². The Hall–Kier alpha value is -2.70. The van der Waals surface area contributed by atoms with Crippen LogP contribution in [0.4, 0.5) is 5.69 Å². The number of carbonyl (C=O) groups excluding carboxylic acids is 1. The molecule has 0 saturated carbocycles. The summed E-state index contributed by atoms with van der Waals surface area (Å²) in [4.78, 5) is 15.5. The molecular weight excluding hydrogens is 408 g/mol. The van der Waals surface area contributed by atoms with Gasteiger partial charge in [0, 0.05) is 31.2 Å². The minimum atomic E-state index is -3.57. The lowest BCUT2D eigenvalue weighted by atomic mass is 9.94. The van der Waals surface area contributed by atoms with Crippen molar-refractivity contribution in [1.82, 2.24) is 4.31 Å². The summed E-state index contributed by atoms with van der Waals surface area (Å²) in [5.41, 5.74) is 2.24. The number of benzene rings is 3. The maximum atomic E-state index is 13.2. The van der Waals surface area contributed by atoms with E-state index in [1.807, 2.05) is 53.4 Å². The van der Waals surface area contributed by atoms with E-state index in [1.165, 1.54) is 9.87 Å². The number of hydrogen-bond acceptors (Lipinski definition) is 3. The van der Waals surface area contributed by atoms with Crippen molar-refractivity contribution in [3.8, 4) is 0 Å². The Labute approximate surface area is 183 Å². The highest BCUT2D eigenvalue weighted by Crippen LogP contribution is 2.31. The molecule has 0 aromatic heterocycles. The molecule has 3 aromatic carbocycles. The van der Waals surface area contributed by atoms with Gasteiger partial charge < -0.3 is 4.90 Å². The number of hydrogen-bond donors (Lipinski definition) is 0. The second kappa shape index (κ2) is 8.09. The van der Waals surface area contributed by atoms with Crippen molar-refractivity contribution in [1.29, 1.82) is 0 Å². The molecule has 0 spiro atoms. The van der Waals surface area contributed by atoms with E-state index in [9.17, 15) is 13.2 Å². The molecule has 1 fully saturated rings. The zero-order chi connectivity index (χ0) is 21.4. The van der Waals surface area contributed by atoms with Gasteiger partial charge in [-0.05, 0) is 60.2 Å². The number of carbonyl (C=O) groups is 1. The van der Waals surface area contributed by atoms with Gasteiger partial charge in [0.2, 0.25) is 15.9 Å². The third kappa shape index (κ3) is 3.75. The topological polar surface area (TPSA) is 57.7 Å². The van der Waals surface area contributed by atoms with Crippen LogP contribution in [-0.2, 0) is 21.2 Å². The molecule has 3 aromatic rings. The van der Waals surface area contributed by atoms with Gasteiger partial charge in [0.1, 0.15) is 0 Å². The molecule has 5 rings (SSSR count). The Balaban J connectivity index is 1.30. The highest BCUT2D eigenvalue weighted by molar-refractivity contribution is 7.89. The molecule has 0 radical (unpaired) electrons. The van der Waals surface area contributed by atoms with Gasteiger partial charge in [0.25, 0.3) is 0 Å². The van der Waals surface area contributed by atoms with Gasteiger partial charge in [-0.2, -0.15) is 4.31 Å². The predicted molar refractivity (Wildman–Crippen MR) is 123 cm³/mol. The second-order valence-corrected chi connectivity index (χ2v) is 10.3. The van der Waals surface area contributed by atoms with Gasteiger partial charge >= 0.3 is 0 Å². The number of amides is 1. The van der Waals surface area contributed by atoms with Gasteiger partial charge in [0.05, 0.1) is 4.90 Å². The summed E-state index contributed by atoms with van der Waals surface area (Å²) in [6.07, 6.45) is 3.09. The second-order valence-electron chi connectivity index (χ2n) is 8.41. The molecular formula is C25H26N2O3S. The number of sulfonamides is 1. The molecule has 1 saturated heterocycles. The van der Waals surface area contributed by atoms with Crippen LogP contribution in [0.5, 0.6) is 0 Å². The highest BCUT2D eigenvalue weighted by atomic mass is 32.2. The highest BCUT2D eigenvalue weighted by Gasteiger charge is 2.35. The molecule has 2 aliphatic rings. The van der Waals surface area contributed by atoms with E-state index in [2.05, 4.69) is 6.07 Å². The number of anilines is 1. The fourth-order valence-electron chi connectivity index (χ4n) is 4.80. The van der Waals surface area contributed by atoms with Crippen molar-refractivity contribution < 1.29 is 13.2 Å². The van der Waals surface area contributed by atoms with E-state index in [0.29, 0.717) is 30.8 Å². The van der Waals surface area contributed by atoms with Crippen LogP contribution < -0.4 is 4.90 Å². The Morgan fingerprint density at radius 1 is 0.839 bits per heavy atom. The fraction of sp³-hybridized carbons (Fsp3) is 0.320. The summed E-state index contributed by atoms with van der Waals surface area (Å²) in [7, 11) is -3.57. The minimum absolute atomic E-state index is 0.130. The van der Waals surface area contributed by atoms with Crippen molar-refractivity contribution in [3.63, 3.8) is 0 Å². The maximum absolute atomic E-state index is 13.2. The van der Waals surface area contributed by atoms with E-state index in [4.69, 9.17) is 0 Å². The molecule has 1 amide bonds. The first-order valence-electron chi connectivity index (χ1n) is 10.9. The Bertz CT molecular complexity index is 1230. The lowest BCUT2D eigenvalue weighted by Crippen LogP contribution is -2.45. The monoisotopic (exact) mass is 434 g/mol. The van der Waals surface area contributed by atoms with Gasteiger partial charge in [-0.1, -0.05) is 48.5 Å². The Morgan fingerprint density at radius 2 is 1.55 bits per heavy atom. The van der Waals surface area contributed by atoms with Gasteiger partial charge in [0.15, 0.2) is 0 Å². The standard InChI is InChI=1S/C25H26N2O3S/c28-25(27-15-5-9-20-7-3-4-10-24(20)27)21-13-16-26(17-14-21)31(29,30)23-12-11-19-6-1-2-8-22(19)18-23/h1-4,6-8,10-12,18,21H,5,9,13-17H2. The molecule has 0 bridgehead atoms. The van der Waals surface area contributed by atoms with Crippen LogP contribution in [0.2, 0.25) is 0 Å². The van der Waals surface area contributed by atoms with Crippen molar-refractivity contribution in [2.24, 2.45) is 5.92 Å². The molecule has 0 atom stereocenters. The number of aryl methyl sites for hydroxylation is 1. The zero-order valence-electron chi connectivity index (χ0n) is 17.4. The average molecular weight is 435 g/mol. The van der Waals surface area contributed by atoms with Crippen LogP contribution in [0.25, 0.3) is 10.8 Å². The minimum Gasteiger partial charge on any atom is -0.312 e. The van der Waals surface area contributed by atoms with Crippen LogP contribution in [0.3, 0.4) is 0 Å². The molecule has 5 nitrogen and oxygen atoms in total. The lowest BCUT2D eigenvalue weighted by Gasteiger charge is -2.36. The normalized spacial score (nSPS) is 18.1. The van der Waals surface area contributed by atoms with Crippen molar-refractivity contribution in [2.75, 3.05) is 24.5 Å². The summed E-state index contributed by atoms with van der Waals surface area (Å²) in [6.45, 7) is 1.49. The van der Waals surface area contributed by atoms with Gasteiger partial charge in [-0.15, -0.1) is 0 Å².